The largest absolute Gasteiger partial charge is 0.487 e. The molecule has 0 saturated heterocycles. The van der Waals surface area contributed by atoms with Gasteiger partial charge in [-0.15, -0.1) is 0 Å². The molecule has 2 nitrogen and oxygen atoms in total. The van der Waals surface area contributed by atoms with E-state index >= 15 is 0 Å². The van der Waals surface area contributed by atoms with Gasteiger partial charge in [0.15, 0.2) is 0 Å². The molecule has 0 spiro atoms. The van der Waals surface area contributed by atoms with E-state index in [1.54, 1.807) is 6.07 Å². The van der Waals surface area contributed by atoms with Crippen molar-refractivity contribution in [1.29, 1.82) is 0 Å². The summed E-state index contributed by atoms with van der Waals surface area (Å²) in [5.41, 5.74) is 1.99. The number of aryl methyl sites for hydroxylation is 1. The molecule has 0 aliphatic heterocycles. The lowest BCUT2D eigenvalue weighted by Gasteiger charge is -2.17. The average molecular weight is 229 g/mol. The van der Waals surface area contributed by atoms with Crippen molar-refractivity contribution in [2.75, 3.05) is 13.7 Å². The summed E-state index contributed by atoms with van der Waals surface area (Å²) >= 11 is 0. The molecule has 1 aromatic carbocycles. The topological polar surface area (TPSA) is 21.3 Å². The van der Waals surface area contributed by atoms with Crippen molar-refractivity contribution in [3.63, 3.8) is 0 Å². The molecule has 0 radical (unpaired) electrons. The fourth-order valence-electron chi connectivity index (χ4n) is 1.45. The molecule has 90 valence electrons. The second-order valence-electron chi connectivity index (χ2n) is 3.75. The summed E-state index contributed by atoms with van der Waals surface area (Å²) in [4.78, 5) is 0. The molecule has 0 bridgehead atoms. The van der Waals surface area contributed by atoms with Crippen LogP contribution in [0.15, 0.2) is 18.2 Å². The monoisotopic (exact) mass is 229 g/mol. The predicted octanol–water partition coefficient (Wildman–Crippen LogP) is 2.92. The maximum atomic E-state index is 12.1. The highest BCUT2D eigenvalue weighted by Crippen LogP contribution is 2.26. The number of rotatable bonds is 5. The van der Waals surface area contributed by atoms with Crippen LogP contribution in [0.3, 0.4) is 0 Å². The lowest BCUT2D eigenvalue weighted by Crippen LogP contribution is -2.15. The number of benzene rings is 1. The molecule has 0 amide bonds. The van der Waals surface area contributed by atoms with E-state index < -0.39 is 13.0 Å². The minimum absolute atomic E-state index is 0.0765. The van der Waals surface area contributed by atoms with Gasteiger partial charge in [0.05, 0.1) is 0 Å². The van der Waals surface area contributed by atoms with Crippen molar-refractivity contribution in [2.45, 2.75) is 26.3 Å². The summed E-state index contributed by atoms with van der Waals surface area (Å²) in [7, 11) is 1.82. The molecule has 1 atom stereocenters. The van der Waals surface area contributed by atoms with Gasteiger partial charge in [0.1, 0.15) is 12.4 Å². The van der Waals surface area contributed by atoms with Crippen LogP contribution in [0.5, 0.6) is 5.75 Å². The third-order valence-electron chi connectivity index (χ3n) is 2.43. The first-order valence-corrected chi connectivity index (χ1v) is 5.23. The van der Waals surface area contributed by atoms with E-state index in [0.717, 1.165) is 11.1 Å². The maximum absolute atomic E-state index is 12.1. The molecule has 0 aromatic heterocycles. The zero-order valence-corrected chi connectivity index (χ0v) is 9.76. The first-order valence-electron chi connectivity index (χ1n) is 5.23. The Hall–Kier alpha value is -1.16. The minimum Gasteiger partial charge on any atom is -0.487 e. The molecule has 16 heavy (non-hydrogen) atoms. The van der Waals surface area contributed by atoms with Crippen LogP contribution >= 0.6 is 0 Å². The number of hydrogen-bond acceptors (Lipinski definition) is 2. The fourth-order valence-corrected chi connectivity index (χ4v) is 1.45. The average Bonchev–Trinajstić information content (AvgIpc) is 2.26. The SMILES string of the molecule is CNC(C)c1cc(C)ccc1OCC(F)F. The smallest absolute Gasteiger partial charge is 0.272 e. The van der Waals surface area contributed by atoms with Crippen molar-refractivity contribution in [1.82, 2.24) is 5.32 Å². The van der Waals surface area contributed by atoms with Crippen LogP contribution < -0.4 is 10.1 Å². The van der Waals surface area contributed by atoms with E-state index in [4.69, 9.17) is 4.74 Å². The van der Waals surface area contributed by atoms with Crippen molar-refractivity contribution < 1.29 is 13.5 Å². The molecule has 1 aromatic rings. The number of alkyl halides is 2. The van der Waals surface area contributed by atoms with E-state index in [9.17, 15) is 8.78 Å². The standard InChI is InChI=1S/C12H17F2NO/c1-8-4-5-11(16-7-12(13)14)10(6-8)9(2)15-3/h4-6,9,12,15H,7H2,1-3H3. The highest BCUT2D eigenvalue weighted by molar-refractivity contribution is 5.38. The molecule has 0 fully saturated rings. The minimum atomic E-state index is -2.45. The number of ether oxygens (including phenoxy) is 1. The van der Waals surface area contributed by atoms with Gasteiger partial charge in [-0.05, 0) is 27.0 Å². The van der Waals surface area contributed by atoms with Gasteiger partial charge in [-0.3, -0.25) is 0 Å². The fraction of sp³-hybridized carbons (Fsp3) is 0.500. The summed E-state index contributed by atoms with van der Waals surface area (Å²) in [6, 6.07) is 5.61. The number of nitrogens with one attached hydrogen (secondary N) is 1. The zero-order chi connectivity index (χ0) is 12.1. The Kier molecular flexibility index (Phi) is 4.68. The molecule has 4 heteroatoms. The molecular formula is C12H17F2NO. The van der Waals surface area contributed by atoms with E-state index in [0.29, 0.717) is 5.75 Å². The second-order valence-corrected chi connectivity index (χ2v) is 3.75. The van der Waals surface area contributed by atoms with Gasteiger partial charge >= 0.3 is 0 Å². The summed E-state index contributed by atoms with van der Waals surface area (Å²) in [5.74, 6) is 0.521. The molecule has 0 aliphatic rings. The van der Waals surface area contributed by atoms with Crippen molar-refractivity contribution in [2.24, 2.45) is 0 Å². The summed E-state index contributed by atoms with van der Waals surface area (Å²) < 4.78 is 29.2. The Balaban J connectivity index is 2.89. The first-order chi connectivity index (χ1) is 7.54. The van der Waals surface area contributed by atoms with Crippen LogP contribution in [0.2, 0.25) is 0 Å². The number of hydrogen-bond donors (Lipinski definition) is 1. The van der Waals surface area contributed by atoms with Crippen LogP contribution in [-0.2, 0) is 0 Å². The van der Waals surface area contributed by atoms with Gasteiger partial charge in [0.25, 0.3) is 6.43 Å². The van der Waals surface area contributed by atoms with E-state index in [1.165, 1.54) is 0 Å². The highest BCUT2D eigenvalue weighted by Gasteiger charge is 2.12. The molecular weight excluding hydrogens is 212 g/mol. The van der Waals surface area contributed by atoms with E-state index in [2.05, 4.69) is 5.32 Å². The van der Waals surface area contributed by atoms with Crippen LogP contribution in [-0.4, -0.2) is 20.1 Å². The Labute approximate surface area is 94.6 Å². The van der Waals surface area contributed by atoms with Crippen molar-refractivity contribution in [3.8, 4) is 5.75 Å². The molecule has 0 saturated carbocycles. The van der Waals surface area contributed by atoms with Gasteiger partial charge in [-0.25, -0.2) is 8.78 Å². The molecule has 1 rings (SSSR count). The molecule has 1 unspecified atom stereocenters. The summed E-state index contributed by atoms with van der Waals surface area (Å²) in [6.45, 7) is 3.36. The Morgan fingerprint density at radius 3 is 2.62 bits per heavy atom. The Morgan fingerprint density at radius 2 is 2.06 bits per heavy atom. The van der Waals surface area contributed by atoms with Gasteiger partial charge in [-0.1, -0.05) is 17.7 Å². The summed E-state index contributed by atoms with van der Waals surface area (Å²) in [5, 5.41) is 3.07. The predicted molar refractivity (Wildman–Crippen MR) is 60.2 cm³/mol. The Bertz CT molecular complexity index is 342. The van der Waals surface area contributed by atoms with E-state index in [1.807, 2.05) is 33.0 Å². The van der Waals surface area contributed by atoms with Gasteiger partial charge in [-0.2, -0.15) is 0 Å². The van der Waals surface area contributed by atoms with E-state index in [-0.39, 0.29) is 6.04 Å². The molecule has 0 heterocycles. The third-order valence-corrected chi connectivity index (χ3v) is 2.43. The van der Waals surface area contributed by atoms with Crippen LogP contribution in [0.4, 0.5) is 8.78 Å². The second kappa shape index (κ2) is 5.80. The first kappa shape index (κ1) is 12.9. The lowest BCUT2D eigenvalue weighted by molar-refractivity contribution is 0.0812. The summed E-state index contributed by atoms with van der Waals surface area (Å²) in [6.07, 6.45) is -2.45. The zero-order valence-electron chi connectivity index (χ0n) is 9.76. The molecule has 0 aliphatic carbocycles. The normalized spacial score (nSPS) is 12.9. The van der Waals surface area contributed by atoms with Crippen molar-refractivity contribution in [3.05, 3.63) is 29.3 Å². The molecule has 1 N–H and O–H groups in total. The van der Waals surface area contributed by atoms with Crippen LogP contribution in [0.25, 0.3) is 0 Å². The Morgan fingerprint density at radius 1 is 1.38 bits per heavy atom. The quantitative estimate of drug-likeness (QED) is 0.838. The van der Waals surface area contributed by atoms with Crippen LogP contribution in [0, 0.1) is 6.92 Å². The lowest BCUT2D eigenvalue weighted by atomic mass is 10.0. The number of halogens is 2. The van der Waals surface area contributed by atoms with Gasteiger partial charge in [0, 0.05) is 11.6 Å². The van der Waals surface area contributed by atoms with Gasteiger partial charge in [0.2, 0.25) is 0 Å². The highest BCUT2D eigenvalue weighted by atomic mass is 19.3. The van der Waals surface area contributed by atoms with Crippen molar-refractivity contribution >= 4 is 0 Å². The van der Waals surface area contributed by atoms with Gasteiger partial charge < -0.3 is 10.1 Å². The van der Waals surface area contributed by atoms with Crippen LogP contribution in [0.1, 0.15) is 24.1 Å². The third kappa shape index (κ3) is 3.45. The maximum Gasteiger partial charge on any atom is 0.272 e.